The molecule has 0 unspecified atom stereocenters. The van der Waals surface area contributed by atoms with Crippen LogP contribution in [0.5, 0.6) is 5.75 Å². The van der Waals surface area contributed by atoms with Crippen molar-refractivity contribution in [1.29, 1.82) is 0 Å². The molecule has 6 nitrogen and oxygen atoms in total. The Balaban J connectivity index is 1.74. The van der Waals surface area contributed by atoms with Gasteiger partial charge in [-0.25, -0.2) is 0 Å². The van der Waals surface area contributed by atoms with Crippen molar-refractivity contribution < 1.29 is 19.4 Å². The van der Waals surface area contributed by atoms with E-state index in [1.54, 1.807) is 12.1 Å². The lowest BCUT2D eigenvalue weighted by atomic mass is 10.1. The first kappa shape index (κ1) is 15.9. The normalized spacial score (nSPS) is 13.2. The van der Waals surface area contributed by atoms with Crippen molar-refractivity contribution in [3.63, 3.8) is 0 Å². The third-order valence-corrected chi connectivity index (χ3v) is 3.81. The molecule has 0 saturated heterocycles. The Bertz CT molecular complexity index is 771. The number of nitrogens with one attached hydrogen (secondary N) is 1. The van der Waals surface area contributed by atoms with E-state index in [-0.39, 0.29) is 19.1 Å². The fourth-order valence-corrected chi connectivity index (χ4v) is 2.53. The van der Waals surface area contributed by atoms with Crippen molar-refractivity contribution in [2.24, 2.45) is 0 Å². The number of hydrogen-bond acceptors (Lipinski definition) is 4. The number of benzene rings is 2. The predicted octanol–water partition coefficient (Wildman–Crippen LogP) is 2.42. The minimum atomic E-state index is -1.06. The van der Waals surface area contributed by atoms with Gasteiger partial charge in [0.15, 0.2) is 6.61 Å². The van der Waals surface area contributed by atoms with Gasteiger partial charge in [-0.05, 0) is 24.6 Å². The first-order valence-electron chi connectivity index (χ1n) is 7.61. The summed E-state index contributed by atoms with van der Waals surface area (Å²) in [6.45, 7) is 2.19. The molecule has 0 atom stereocenters. The number of carbonyl (C=O) groups excluding carboxylic acids is 1. The zero-order valence-electron chi connectivity index (χ0n) is 13.3. The summed E-state index contributed by atoms with van der Waals surface area (Å²) in [4.78, 5) is 24.0. The minimum Gasteiger partial charge on any atom is -0.481 e. The topological polar surface area (TPSA) is 78.9 Å². The molecule has 3 rings (SSSR count). The Hall–Kier alpha value is -3.02. The first-order valence-corrected chi connectivity index (χ1v) is 7.61. The van der Waals surface area contributed by atoms with Crippen molar-refractivity contribution >= 4 is 23.3 Å². The number of carbonyl (C=O) groups is 2. The summed E-state index contributed by atoms with van der Waals surface area (Å²) in [5.74, 6) is -0.909. The molecule has 2 aromatic rings. The van der Waals surface area contributed by atoms with E-state index in [1.807, 2.05) is 13.0 Å². The van der Waals surface area contributed by atoms with E-state index in [4.69, 9.17) is 9.84 Å². The van der Waals surface area contributed by atoms with Gasteiger partial charge in [-0.3, -0.25) is 14.5 Å². The maximum Gasteiger partial charge on any atom is 0.323 e. The minimum absolute atomic E-state index is 0.151. The number of carboxylic acids is 1. The molecule has 0 fully saturated rings. The molecule has 1 aliphatic heterocycles. The monoisotopic (exact) mass is 326 g/mol. The average Bonchev–Trinajstić information content (AvgIpc) is 2.56. The Kier molecular flexibility index (Phi) is 4.37. The number of anilines is 2. The highest BCUT2D eigenvalue weighted by Gasteiger charge is 2.27. The van der Waals surface area contributed by atoms with Crippen LogP contribution in [0, 0.1) is 6.92 Å². The zero-order valence-corrected chi connectivity index (χ0v) is 13.3. The molecule has 6 heteroatoms. The fraction of sp³-hybridized carbons (Fsp3) is 0.222. The van der Waals surface area contributed by atoms with E-state index in [0.717, 1.165) is 11.3 Å². The third kappa shape index (κ3) is 3.48. The Labute approximate surface area is 139 Å². The highest BCUT2D eigenvalue weighted by Crippen LogP contribution is 2.34. The van der Waals surface area contributed by atoms with Crippen LogP contribution in [-0.2, 0) is 16.1 Å². The van der Waals surface area contributed by atoms with Crippen LogP contribution in [0.25, 0.3) is 0 Å². The molecular formula is C18H18N2O4. The molecule has 1 heterocycles. The fourth-order valence-electron chi connectivity index (χ4n) is 2.53. The second-order valence-corrected chi connectivity index (χ2v) is 5.68. The smallest absolute Gasteiger partial charge is 0.323 e. The Morgan fingerprint density at radius 2 is 2.00 bits per heavy atom. The molecule has 0 spiro atoms. The lowest BCUT2D eigenvalue weighted by Crippen LogP contribution is -2.41. The summed E-state index contributed by atoms with van der Waals surface area (Å²) in [7, 11) is 0. The molecule has 24 heavy (non-hydrogen) atoms. The largest absolute Gasteiger partial charge is 0.481 e. The number of hydrogen-bond donors (Lipinski definition) is 2. The number of aliphatic carboxylic acids is 1. The van der Waals surface area contributed by atoms with E-state index >= 15 is 0 Å². The lowest BCUT2D eigenvalue weighted by molar-refractivity contribution is -0.137. The molecule has 0 radical (unpaired) electrons. The highest BCUT2D eigenvalue weighted by atomic mass is 16.5. The summed E-state index contributed by atoms with van der Waals surface area (Å²) >= 11 is 0. The van der Waals surface area contributed by atoms with Crippen LogP contribution in [0.1, 0.15) is 11.1 Å². The van der Waals surface area contributed by atoms with E-state index in [2.05, 4.69) is 29.6 Å². The molecule has 2 aromatic carbocycles. The van der Waals surface area contributed by atoms with Gasteiger partial charge in [0.25, 0.3) is 5.91 Å². The third-order valence-electron chi connectivity index (χ3n) is 3.81. The predicted molar refractivity (Wildman–Crippen MR) is 90.4 cm³/mol. The number of amides is 1. The number of fused-ring (bicyclic) bond motifs is 1. The van der Waals surface area contributed by atoms with Crippen LogP contribution < -0.4 is 15.0 Å². The zero-order chi connectivity index (χ0) is 17.1. The summed E-state index contributed by atoms with van der Waals surface area (Å²) < 4.78 is 5.43. The van der Waals surface area contributed by atoms with Crippen molar-refractivity contribution in [1.82, 2.24) is 0 Å². The summed E-state index contributed by atoms with van der Waals surface area (Å²) in [6, 6.07) is 13.5. The standard InChI is InChI=1S/C18H18N2O4/c1-12-2-4-13(5-3-12)9-19-14-6-7-15-16(8-14)24-11-17(21)20(15)10-18(22)23/h2-8,19H,9-11H2,1H3,(H,22,23). The summed E-state index contributed by atoms with van der Waals surface area (Å²) in [5, 5.41) is 12.2. The van der Waals surface area contributed by atoms with Gasteiger partial charge in [0.1, 0.15) is 12.3 Å². The summed E-state index contributed by atoms with van der Waals surface area (Å²) in [6.07, 6.45) is 0. The number of rotatable bonds is 5. The lowest BCUT2D eigenvalue weighted by Gasteiger charge is -2.28. The maximum atomic E-state index is 11.8. The molecule has 1 aliphatic rings. The number of carboxylic acid groups (broad SMARTS) is 1. The van der Waals surface area contributed by atoms with E-state index in [1.165, 1.54) is 10.5 Å². The van der Waals surface area contributed by atoms with E-state index in [0.29, 0.717) is 18.0 Å². The van der Waals surface area contributed by atoms with Crippen LogP contribution >= 0.6 is 0 Å². The second-order valence-electron chi connectivity index (χ2n) is 5.68. The van der Waals surface area contributed by atoms with Gasteiger partial charge in [-0.15, -0.1) is 0 Å². The number of ether oxygens (including phenoxy) is 1. The van der Waals surface area contributed by atoms with Crippen LogP contribution in [0.15, 0.2) is 42.5 Å². The van der Waals surface area contributed by atoms with Crippen molar-refractivity contribution in [3.8, 4) is 5.75 Å². The van der Waals surface area contributed by atoms with Crippen LogP contribution in [0.3, 0.4) is 0 Å². The molecule has 0 aliphatic carbocycles. The van der Waals surface area contributed by atoms with Gasteiger partial charge in [0.05, 0.1) is 5.69 Å². The van der Waals surface area contributed by atoms with Crippen molar-refractivity contribution in [3.05, 3.63) is 53.6 Å². The molecule has 0 aromatic heterocycles. The highest BCUT2D eigenvalue weighted by molar-refractivity contribution is 6.01. The van der Waals surface area contributed by atoms with Gasteiger partial charge in [-0.2, -0.15) is 0 Å². The van der Waals surface area contributed by atoms with Crippen molar-refractivity contribution in [2.45, 2.75) is 13.5 Å². The number of nitrogens with zero attached hydrogens (tertiary/aromatic N) is 1. The Morgan fingerprint density at radius 1 is 1.25 bits per heavy atom. The van der Waals surface area contributed by atoms with Gasteiger partial charge in [-0.1, -0.05) is 29.8 Å². The first-order chi connectivity index (χ1) is 11.5. The van der Waals surface area contributed by atoms with Gasteiger partial charge < -0.3 is 15.2 Å². The molecule has 0 bridgehead atoms. The second kappa shape index (κ2) is 6.62. The maximum absolute atomic E-state index is 11.8. The summed E-state index contributed by atoms with van der Waals surface area (Å²) in [5.41, 5.74) is 3.69. The molecule has 1 amide bonds. The molecule has 2 N–H and O–H groups in total. The quantitative estimate of drug-likeness (QED) is 0.882. The number of aryl methyl sites for hydroxylation is 1. The molecule has 0 saturated carbocycles. The SMILES string of the molecule is Cc1ccc(CNc2ccc3c(c2)OCC(=O)N3CC(=O)O)cc1. The molecular weight excluding hydrogens is 308 g/mol. The Morgan fingerprint density at radius 3 is 2.71 bits per heavy atom. The van der Waals surface area contributed by atoms with E-state index < -0.39 is 5.97 Å². The van der Waals surface area contributed by atoms with Crippen molar-refractivity contribution in [2.75, 3.05) is 23.4 Å². The average molecular weight is 326 g/mol. The molecule has 124 valence electrons. The van der Waals surface area contributed by atoms with Crippen LogP contribution in [-0.4, -0.2) is 30.1 Å². The van der Waals surface area contributed by atoms with Crippen LogP contribution in [0.4, 0.5) is 11.4 Å². The van der Waals surface area contributed by atoms with E-state index in [9.17, 15) is 9.59 Å². The van der Waals surface area contributed by atoms with Crippen LogP contribution in [0.2, 0.25) is 0 Å². The van der Waals surface area contributed by atoms with Gasteiger partial charge in [0, 0.05) is 18.3 Å². The van der Waals surface area contributed by atoms with Gasteiger partial charge >= 0.3 is 5.97 Å². The van der Waals surface area contributed by atoms with Gasteiger partial charge in [0.2, 0.25) is 0 Å².